The van der Waals surface area contributed by atoms with E-state index in [9.17, 15) is 14.7 Å². The Morgan fingerprint density at radius 3 is 1.66 bits per heavy atom. The Balaban J connectivity index is 2.53. The molecule has 2 aromatic carbocycles. The average molecular weight is 457 g/mol. The number of carbonyl (C=O) groups is 2. The van der Waals surface area contributed by atoms with E-state index in [1.54, 1.807) is 27.7 Å². The molecule has 32 heavy (non-hydrogen) atoms. The standard InChI is InChI=1S/C26H36O5Si/c1-19(22(24(28)29)18-23(27)30-25(2,3)4)31-32(26(5,6)7,20-14-10-8-11-15-20)21-16-12-9-13-17-21/h8-17,19,22H,18H2,1-7H3,(H,28,29)/t19-,22+/m1/s1. The SMILES string of the molecule is C[C@@H](O[Si](c1ccccc1)(c1ccccc1)C(C)(C)C)[C@H](CC(=O)OC(C)(C)C)C(=O)O. The monoisotopic (exact) mass is 456 g/mol. The molecule has 174 valence electrons. The molecule has 0 radical (unpaired) electrons. The fourth-order valence-electron chi connectivity index (χ4n) is 4.07. The van der Waals surface area contributed by atoms with E-state index in [-0.39, 0.29) is 11.5 Å². The van der Waals surface area contributed by atoms with Gasteiger partial charge in [-0.05, 0) is 43.1 Å². The van der Waals surface area contributed by atoms with Gasteiger partial charge in [-0.2, -0.15) is 0 Å². The lowest BCUT2D eigenvalue weighted by molar-refractivity contribution is -0.161. The zero-order chi connectivity index (χ0) is 24.2. The molecule has 0 bridgehead atoms. The van der Waals surface area contributed by atoms with Gasteiger partial charge in [0, 0.05) is 0 Å². The molecule has 0 unspecified atom stereocenters. The second kappa shape index (κ2) is 10.0. The normalized spacial score (nSPS) is 14.5. The molecule has 0 amide bonds. The van der Waals surface area contributed by atoms with E-state index in [1.807, 2.05) is 36.4 Å². The highest BCUT2D eigenvalue weighted by Crippen LogP contribution is 2.38. The average Bonchev–Trinajstić information content (AvgIpc) is 2.69. The summed E-state index contributed by atoms with van der Waals surface area (Å²) in [5, 5.41) is 11.8. The fourth-order valence-corrected chi connectivity index (χ4v) is 8.81. The number of hydrogen-bond donors (Lipinski definition) is 1. The number of benzene rings is 2. The molecule has 0 heterocycles. The van der Waals surface area contributed by atoms with Gasteiger partial charge >= 0.3 is 11.9 Å². The highest BCUT2D eigenvalue weighted by Gasteiger charge is 2.52. The molecule has 2 rings (SSSR count). The molecule has 0 spiro atoms. The van der Waals surface area contributed by atoms with Crippen molar-refractivity contribution in [2.24, 2.45) is 5.92 Å². The van der Waals surface area contributed by atoms with Crippen molar-refractivity contribution >= 4 is 30.6 Å². The van der Waals surface area contributed by atoms with Crippen LogP contribution in [0.15, 0.2) is 60.7 Å². The van der Waals surface area contributed by atoms with Crippen LogP contribution in [0.3, 0.4) is 0 Å². The Morgan fingerprint density at radius 1 is 0.875 bits per heavy atom. The van der Waals surface area contributed by atoms with Gasteiger partial charge in [-0.15, -0.1) is 0 Å². The second-order valence-corrected chi connectivity index (χ2v) is 14.5. The maximum absolute atomic E-state index is 12.5. The van der Waals surface area contributed by atoms with Crippen LogP contribution in [0, 0.1) is 5.92 Å². The van der Waals surface area contributed by atoms with Crippen LogP contribution in [0.25, 0.3) is 0 Å². The summed E-state index contributed by atoms with van der Waals surface area (Å²) in [6, 6.07) is 20.1. The van der Waals surface area contributed by atoms with E-state index >= 15 is 0 Å². The smallest absolute Gasteiger partial charge is 0.309 e. The number of rotatable bonds is 8. The van der Waals surface area contributed by atoms with Crippen LogP contribution in [0.5, 0.6) is 0 Å². The Labute approximate surface area is 192 Å². The molecule has 2 atom stereocenters. The molecule has 0 aliphatic carbocycles. The lowest BCUT2D eigenvalue weighted by Crippen LogP contribution is -2.68. The molecule has 0 aliphatic rings. The van der Waals surface area contributed by atoms with E-state index in [0.717, 1.165) is 10.4 Å². The number of aliphatic carboxylic acids is 1. The molecular formula is C26H36O5Si. The predicted octanol–water partition coefficient (Wildman–Crippen LogP) is 4.38. The molecular weight excluding hydrogens is 420 g/mol. The van der Waals surface area contributed by atoms with Crippen molar-refractivity contribution in [2.45, 2.75) is 71.6 Å². The van der Waals surface area contributed by atoms with Crippen molar-refractivity contribution < 1.29 is 23.9 Å². The highest BCUT2D eigenvalue weighted by atomic mass is 28.4. The van der Waals surface area contributed by atoms with Crippen LogP contribution in [-0.4, -0.2) is 37.1 Å². The number of carboxylic acid groups (broad SMARTS) is 1. The van der Waals surface area contributed by atoms with E-state index in [2.05, 4.69) is 45.0 Å². The van der Waals surface area contributed by atoms with Crippen LogP contribution < -0.4 is 10.4 Å². The van der Waals surface area contributed by atoms with Crippen molar-refractivity contribution in [2.75, 3.05) is 0 Å². The zero-order valence-electron chi connectivity index (χ0n) is 20.2. The van der Waals surface area contributed by atoms with Crippen molar-refractivity contribution in [1.82, 2.24) is 0 Å². The van der Waals surface area contributed by atoms with Crippen LogP contribution in [0.1, 0.15) is 54.9 Å². The van der Waals surface area contributed by atoms with Crippen molar-refractivity contribution in [1.29, 1.82) is 0 Å². The molecule has 1 N–H and O–H groups in total. The van der Waals surface area contributed by atoms with Crippen molar-refractivity contribution in [3.8, 4) is 0 Å². The van der Waals surface area contributed by atoms with Gasteiger partial charge in [0.25, 0.3) is 8.32 Å². The Bertz CT molecular complexity index is 858. The minimum Gasteiger partial charge on any atom is -0.481 e. The number of carbonyl (C=O) groups excluding carboxylic acids is 1. The third-order valence-corrected chi connectivity index (χ3v) is 10.6. The minimum atomic E-state index is -2.93. The first-order valence-corrected chi connectivity index (χ1v) is 12.9. The third-order valence-electron chi connectivity index (χ3n) is 5.47. The molecule has 5 nitrogen and oxygen atoms in total. The van der Waals surface area contributed by atoms with Gasteiger partial charge in [0.2, 0.25) is 0 Å². The summed E-state index contributed by atoms with van der Waals surface area (Å²) in [5.74, 6) is -2.63. The van der Waals surface area contributed by atoms with Gasteiger partial charge in [-0.3, -0.25) is 9.59 Å². The first-order chi connectivity index (χ1) is 14.8. The molecule has 0 fully saturated rings. The van der Waals surface area contributed by atoms with Crippen LogP contribution in [0.2, 0.25) is 5.04 Å². The van der Waals surface area contributed by atoms with E-state index < -0.39 is 37.9 Å². The lowest BCUT2D eigenvalue weighted by atomic mass is 10.00. The lowest BCUT2D eigenvalue weighted by Gasteiger charge is -2.45. The summed E-state index contributed by atoms with van der Waals surface area (Å²) in [6.07, 6.45) is -0.947. The molecule has 0 aromatic heterocycles. The molecule has 0 saturated heterocycles. The maximum atomic E-state index is 12.5. The van der Waals surface area contributed by atoms with E-state index in [4.69, 9.17) is 9.16 Å². The van der Waals surface area contributed by atoms with Crippen molar-refractivity contribution in [3.63, 3.8) is 0 Å². The van der Waals surface area contributed by atoms with Crippen LogP contribution in [0.4, 0.5) is 0 Å². The molecule has 0 aliphatic heterocycles. The predicted molar refractivity (Wildman–Crippen MR) is 130 cm³/mol. The molecule has 6 heteroatoms. The summed E-state index contributed by atoms with van der Waals surface area (Å²) in [5.41, 5.74) is -0.678. The summed E-state index contributed by atoms with van der Waals surface area (Å²) in [7, 11) is -2.93. The highest BCUT2D eigenvalue weighted by molar-refractivity contribution is 6.99. The largest absolute Gasteiger partial charge is 0.481 e. The van der Waals surface area contributed by atoms with Crippen LogP contribution in [-0.2, 0) is 18.8 Å². The van der Waals surface area contributed by atoms with Gasteiger partial charge in [0.15, 0.2) is 0 Å². The number of hydrogen-bond acceptors (Lipinski definition) is 4. The number of esters is 1. The topological polar surface area (TPSA) is 72.8 Å². The second-order valence-electron chi connectivity index (χ2n) is 10.2. The zero-order valence-corrected chi connectivity index (χ0v) is 21.2. The van der Waals surface area contributed by atoms with E-state index in [1.165, 1.54) is 0 Å². The summed E-state index contributed by atoms with van der Waals surface area (Å²) in [6.45, 7) is 13.5. The Hall–Kier alpha value is -2.44. The molecule has 0 saturated carbocycles. The van der Waals surface area contributed by atoms with Crippen molar-refractivity contribution in [3.05, 3.63) is 60.7 Å². The number of carboxylic acids is 1. The van der Waals surface area contributed by atoms with Gasteiger partial charge in [-0.25, -0.2) is 0 Å². The summed E-state index contributed by atoms with van der Waals surface area (Å²) < 4.78 is 12.3. The first kappa shape index (κ1) is 25.8. The Morgan fingerprint density at radius 2 is 1.31 bits per heavy atom. The number of ether oxygens (including phenoxy) is 1. The first-order valence-electron chi connectivity index (χ1n) is 11.0. The Kier molecular flexibility index (Phi) is 8.07. The summed E-state index contributed by atoms with van der Waals surface area (Å²) >= 11 is 0. The fraction of sp³-hybridized carbons (Fsp3) is 0.462. The van der Waals surface area contributed by atoms with Crippen LogP contribution >= 0.6 is 0 Å². The molecule has 2 aromatic rings. The van der Waals surface area contributed by atoms with Gasteiger partial charge < -0.3 is 14.3 Å². The van der Waals surface area contributed by atoms with E-state index in [0.29, 0.717) is 0 Å². The third kappa shape index (κ3) is 6.08. The summed E-state index contributed by atoms with van der Waals surface area (Å²) in [4.78, 5) is 24.6. The quantitative estimate of drug-likeness (QED) is 0.471. The van der Waals surface area contributed by atoms with Gasteiger partial charge in [0.05, 0.1) is 18.4 Å². The minimum absolute atomic E-state index is 0.244. The maximum Gasteiger partial charge on any atom is 0.309 e. The van der Waals surface area contributed by atoms with Gasteiger partial charge in [0.1, 0.15) is 5.60 Å². The van der Waals surface area contributed by atoms with Gasteiger partial charge in [-0.1, -0.05) is 81.4 Å².